The molecule has 2 N–H and O–H groups in total. The highest BCUT2D eigenvalue weighted by molar-refractivity contribution is 7.10. The Morgan fingerprint density at radius 3 is 2.80 bits per heavy atom. The van der Waals surface area contributed by atoms with Crippen LogP contribution < -0.4 is 5.73 Å². The molecule has 0 amide bonds. The SMILES string of the molecule is CCC(C)(N)c1cccs1. The third-order valence-corrected chi connectivity index (χ3v) is 2.97. The Morgan fingerprint density at radius 1 is 1.70 bits per heavy atom. The van der Waals surface area contributed by atoms with Gasteiger partial charge in [-0.1, -0.05) is 13.0 Å². The first kappa shape index (κ1) is 7.76. The number of nitrogens with two attached hydrogens (primary N) is 1. The van der Waals surface area contributed by atoms with Crippen LogP contribution in [-0.2, 0) is 5.54 Å². The summed E-state index contributed by atoms with van der Waals surface area (Å²) in [6.07, 6.45) is 0.994. The molecule has 2 heteroatoms. The van der Waals surface area contributed by atoms with Crippen molar-refractivity contribution in [1.82, 2.24) is 0 Å². The fraction of sp³-hybridized carbons (Fsp3) is 0.500. The van der Waals surface area contributed by atoms with E-state index in [1.807, 2.05) is 6.07 Å². The van der Waals surface area contributed by atoms with Gasteiger partial charge >= 0.3 is 0 Å². The second-order valence-electron chi connectivity index (χ2n) is 2.75. The summed E-state index contributed by atoms with van der Waals surface area (Å²) in [7, 11) is 0. The van der Waals surface area contributed by atoms with Crippen LogP contribution in [0.1, 0.15) is 25.1 Å². The largest absolute Gasteiger partial charge is 0.321 e. The lowest BCUT2D eigenvalue weighted by atomic mass is 9.99. The van der Waals surface area contributed by atoms with E-state index in [0.29, 0.717) is 0 Å². The summed E-state index contributed by atoms with van der Waals surface area (Å²) < 4.78 is 0. The van der Waals surface area contributed by atoms with Gasteiger partial charge in [0.15, 0.2) is 0 Å². The van der Waals surface area contributed by atoms with Crippen LogP contribution in [0.15, 0.2) is 17.5 Å². The quantitative estimate of drug-likeness (QED) is 0.697. The van der Waals surface area contributed by atoms with E-state index < -0.39 is 0 Å². The van der Waals surface area contributed by atoms with E-state index in [4.69, 9.17) is 5.73 Å². The van der Waals surface area contributed by atoms with E-state index in [0.717, 1.165) is 6.42 Å². The Labute approximate surface area is 65.9 Å². The highest BCUT2D eigenvalue weighted by Gasteiger charge is 2.18. The summed E-state index contributed by atoms with van der Waals surface area (Å²) in [5.41, 5.74) is 5.88. The lowest BCUT2D eigenvalue weighted by molar-refractivity contribution is 0.486. The predicted octanol–water partition coefficient (Wildman–Crippen LogP) is 2.33. The topological polar surface area (TPSA) is 26.0 Å². The second kappa shape index (κ2) is 2.72. The third-order valence-electron chi connectivity index (χ3n) is 1.82. The molecule has 0 spiro atoms. The molecular weight excluding hydrogens is 142 g/mol. The van der Waals surface area contributed by atoms with Crippen LogP contribution in [0.2, 0.25) is 0 Å². The maximum absolute atomic E-state index is 5.99. The molecule has 10 heavy (non-hydrogen) atoms. The van der Waals surface area contributed by atoms with Crippen molar-refractivity contribution >= 4 is 11.3 Å². The van der Waals surface area contributed by atoms with Crippen molar-refractivity contribution in [3.63, 3.8) is 0 Å². The molecule has 0 bridgehead atoms. The molecule has 0 aliphatic heterocycles. The monoisotopic (exact) mass is 155 g/mol. The molecule has 0 radical (unpaired) electrons. The Bertz CT molecular complexity index is 189. The first-order chi connectivity index (χ1) is 4.67. The molecule has 56 valence electrons. The maximum Gasteiger partial charge on any atom is 0.0472 e. The van der Waals surface area contributed by atoms with Gasteiger partial charge in [-0.2, -0.15) is 0 Å². The van der Waals surface area contributed by atoms with Crippen molar-refractivity contribution in [2.45, 2.75) is 25.8 Å². The zero-order chi connectivity index (χ0) is 7.61. The van der Waals surface area contributed by atoms with Crippen LogP contribution >= 0.6 is 11.3 Å². The van der Waals surface area contributed by atoms with Crippen LogP contribution in [-0.4, -0.2) is 0 Å². The summed E-state index contributed by atoms with van der Waals surface area (Å²) in [5, 5.41) is 2.07. The number of thiophene rings is 1. The van der Waals surface area contributed by atoms with E-state index in [1.54, 1.807) is 11.3 Å². The molecule has 1 aromatic rings. The lowest BCUT2D eigenvalue weighted by Crippen LogP contribution is -2.30. The van der Waals surface area contributed by atoms with Gasteiger partial charge < -0.3 is 5.73 Å². The van der Waals surface area contributed by atoms with Crippen molar-refractivity contribution in [2.24, 2.45) is 5.73 Å². The molecule has 0 saturated carbocycles. The molecule has 1 heterocycles. The van der Waals surface area contributed by atoms with Crippen molar-refractivity contribution in [1.29, 1.82) is 0 Å². The smallest absolute Gasteiger partial charge is 0.0472 e. The molecule has 1 aromatic heterocycles. The molecule has 0 aromatic carbocycles. The highest BCUT2D eigenvalue weighted by atomic mass is 32.1. The Hall–Kier alpha value is -0.340. The van der Waals surface area contributed by atoms with Gasteiger partial charge in [-0.15, -0.1) is 11.3 Å². The average molecular weight is 155 g/mol. The normalized spacial score (nSPS) is 16.7. The van der Waals surface area contributed by atoms with Crippen LogP contribution in [0.4, 0.5) is 0 Å². The molecule has 0 aliphatic carbocycles. The van der Waals surface area contributed by atoms with Crippen LogP contribution in [0, 0.1) is 0 Å². The highest BCUT2D eigenvalue weighted by Crippen LogP contribution is 2.25. The van der Waals surface area contributed by atoms with Crippen molar-refractivity contribution < 1.29 is 0 Å². The molecule has 0 fully saturated rings. The Morgan fingerprint density at radius 2 is 2.40 bits per heavy atom. The van der Waals surface area contributed by atoms with Gasteiger partial charge in [-0.25, -0.2) is 0 Å². The summed E-state index contributed by atoms with van der Waals surface area (Å²) in [4.78, 5) is 1.27. The number of rotatable bonds is 2. The maximum atomic E-state index is 5.99. The van der Waals surface area contributed by atoms with Gasteiger partial charge in [0.05, 0.1) is 0 Å². The minimum absolute atomic E-state index is 0.117. The molecule has 1 unspecified atom stereocenters. The molecule has 1 atom stereocenters. The van der Waals surface area contributed by atoms with Gasteiger partial charge in [-0.3, -0.25) is 0 Å². The van der Waals surface area contributed by atoms with Gasteiger partial charge in [0.25, 0.3) is 0 Å². The minimum Gasteiger partial charge on any atom is -0.321 e. The fourth-order valence-corrected chi connectivity index (χ4v) is 1.65. The molecular formula is C8H13NS. The van der Waals surface area contributed by atoms with Gasteiger partial charge in [0, 0.05) is 10.4 Å². The molecule has 1 nitrogen and oxygen atoms in total. The van der Waals surface area contributed by atoms with Gasteiger partial charge in [-0.05, 0) is 24.8 Å². The van der Waals surface area contributed by atoms with E-state index in [-0.39, 0.29) is 5.54 Å². The van der Waals surface area contributed by atoms with Crippen LogP contribution in [0.5, 0.6) is 0 Å². The van der Waals surface area contributed by atoms with Crippen molar-refractivity contribution in [2.75, 3.05) is 0 Å². The zero-order valence-corrected chi connectivity index (χ0v) is 7.24. The summed E-state index contributed by atoms with van der Waals surface area (Å²) in [6, 6.07) is 4.13. The summed E-state index contributed by atoms with van der Waals surface area (Å²) in [5.74, 6) is 0. The summed E-state index contributed by atoms with van der Waals surface area (Å²) in [6.45, 7) is 4.18. The lowest BCUT2D eigenvalue weighted by Gasteiger charge is -2.20. The van der Waals surface area contributed by atoms with Crippen LogP contribution in [0.25, 0.3) is 0 Å². The number of hydrogen-bond acceptors (Lipinski definition) is 2. The first-order valence-electron chi connectivity index (χ1n) is 3.49. The van der Waals surface area contributed by atoms with E-state index >= 15 is 0 Å². The second-order valence-corrected chi connectivity index (χ2v) is 3.70. The standard InChI is InChI=1S/C8H13NS/c1-3-8(2,9)7-5-4-6-10-7/h4-6H,3,9H2,1-2H3. The number of hydrogen-bond donors (Lipinski definition) is 1. The molecule has 0 aliphatic rings. The minimum atomic E-state index is -0.117. The predicted molar refractivity (Wildman–Crippen MR) is 46.1 cm³/mol. The first-order valence-corrected chi connectivity index (χ1v) is 4.37. The van der Waals surface area contributed by atoms with E-state index in [9.17, 15) is 0 Å². The zero-order valence-electron chi connectivity index (χ0n) is 6.42. The molecule has 1 rings (SSSR count). The average Bonchev–Trinajstić information content (AvgIpc) is 2.38. The van der Waals surface area contributed by atoms with Gasteiger partial charge in [0.2, 0.25) is 0 Å². The third kappa shape index (κ3) is 1.39. The fourth-order valence-electron chi connectivity index (χ4n) is 0.778. The van der Waals surface area contributed by atoms with Crippen LogP contribution in [0.3, 0.4) is 0 Å². The summed E-state index contributed by atoms with van der Waals surface area (Å²) >= 11 is 1.73. The molecule has 0 saturated heterocycles. The Balaban J connectivity index is 2.85. The van der Waals surface area contributed by atoms with E-state index in [1.165, 1.54) is 4.88 Å². The van der Waals surface area contributed by atoms with Crippen molar-refractivity contribution in [3.05, 3.63) is 22.4 Å². The Kier molecular flexibility index (Phi) is 2.11. The van der Waals surface area contributed by atoms with Crippen molar-refractivity contribution in [3.8, 4) is 0 Å². The van der Waals surface area contributed by atoms with Gasteiger partial charge in [0.1, 0.15) is 0 Å². The van der Waals surface area contributed by atoms with E-state index in [2.05, 4.69) is 25.3 Å².